The first-order valence-corrected chi connectivity index (χ1v) is 5.12. The number of fused-ring (bicyclic) bond motifs is 1. The molecule has 0 aromatic heterocycles. The average molecular weight is 220 g/mol. The summed E-state index contributed by atoms with van der Waals surface area (Å²) in [6.45, 7) is 0. The van der Waals surface area contributed by atoms with Crippen LogP contribution in [0.15, 0.2) is 24.3 Å². The lowest BCUT2D eigenvalue weighted by Gasteiger charge is -2.27. The molecule has 0 saturated heterocycles. The zero-order chi connectivity index (χ0) is 11.7. The van der Waals surface area contributed by atoms with Crippen LogP contribution in [0.2, 0.25) is 0 Å². The monoisotopic (exact) mass is 220 g/mol. The van der Waals surface area contributed by atoms with Gasteiger partial charge in [0.1, 0.15) is 0 Å². The van der Waals surface area contributed by atoms with E-state index >= 15 is 0 Å². The molecule has 16 heavy (non-hydrogen) atoms. The van der Waals surface area contributed by atoms with Gasteiger partial charge in [-0.1, -0.05) is 24.3 Å². The summed E-state index contributed by atoms with van der Waals surface area (Å²) in [5, 5.41) is 18.0. The van der Waals surface area contributed by atoms with E-state index in [0.717, 1.165) is 11.1 Å². The van der Waals surface area contributed by atoms with Crippen LogP contribution in [0.5, 0.6) is 0 Å². The van der Waals surface area contributed by atoms with Gasteiger partial charge in [0.05, 0.1) is 11.8 Å². The summed E-state index contributed by atoms with van der Waals surface area (Å²) in [5.41, 5.74) is 1.90. The molecule has 4 heteroatoms. The summed E-state index contributed by atoms with van der Waals surface area (Å²) in [5.74, 6) is -3.68. The van der Waals surface area contributed by atoms with Gasteiger partial charge in [-0.25, -0.2) is 0 Å². The minimum Gasteiger partial charge on any atom is -0.481 e. The first-order valence-electron chi connectivity index (χ1n) is 5.12. The predicted octanol–water partition coefficient (Wildman–Crippen LogP) is 1.19. The van der Waals surface area contributed by atoms with Gasteiger partial charge < -0.3 is 10.2 Å². The highest BCUT2D eigenvalue weighted by Crippen LogP contribution is 2.30. The summed E-state index contributed by atoms with van der Waals surface area (Å²) in [4.78, 5) is 22.0. The molecule has 2 rings (SSSR count). The minimum absolute atomic E-state index is 0.308. The largest absolute Gasteiger partial charge is 0.481 e. The fraction of sp³-hybridized carbons (Fsp3) is 0.333. The van der Waals surface area contributed by atoms with Crippen LogP contribution >= 0.6 is 0 Å². The molecule has 1 aromatic carbocycles. The van der Waals surface area contributed by atoms with Gasteiger partial charge in [0, 0.05) is 0 Å². The molecule has 2 N–H and O–H groups in total. The molecular formula is C12H12O4. The Morgan fingerprint density at radius 2 is 1.31 bits per heavy atom. The molecule has 0 radical (unpaired) electrons. The average Bonchev–Trinajstić information content (AvgIpc) is 2.27. The van der Waals surface area contributed by atoms with Crippen LogP contribution in [0.3, 0.4) is 0 Å². The third-order valence-corrected chi connectivity index (χ3v) is 3.12. The summed E-state index contributed by atoms with van der Waals surface area (Å²) in [6, 6.07) is 7.42. The Morgan fingerprint density at radius 1 is 0.938 bits per heavy atom. The lowest BCUT2D eigenvalue weighted by atomic mass is 9.76. The van der Waals surface area contributed by atoms with E-state index in [1.54, 1.807) is 0 Å². The van der Waals surface area contributed by atoms with Crippen molar-refractivity contribution in [1.82, 2.24) is 0 Å². The number of carboxylic acid groups (broad SMARTS) is 2. The highest BCUT2D eigenvalue weighted by Gasteiger charge is 2.37. The standard InChI is InChI=1S/C12H12O4/c13-11(14)9-5-7-3-1-2-4-8(7)6-10(9)12(15)16/h1-4,9-10H,5-6H2,(H,13,14)(H,15,16)/t9-,10-/m0/s1. The second-order valence-electron chi connectivity index (χ2n) is 4.07. The van der Waals surface area contributed by atoms with E-state index in [1.165, 1.54) is 0 Å². The lowest BCUT2D eigenvalue weighted by molar-refractivity contribution is -0.154. The normalized spacial score (nSPS) is 23.5. The van der Waals surface area contributed by atoms with Crippen molar-refractivity contribution in [2.45, 2.75) is 12.8 Å². The molecule has 0 bridgehead atoms. The van der Waals surface area contributed by atoms with Gasteiger partial charge in [0.2, 0.25) is 0 Å². The molecule has 0 fully saturated rings. The number of carboxylic acids is 2. The summed E-state index contributed by atoms with van der Waals surface area (Å²) in [7, 11) is 0. The number of benzene rings is 1. The Bertz CT molecular complexity index is 397. The van der Waals surface area contributed by atoms with Crippen molar-refractivity contribution in [3.05, 3.63) is 35.4 Å². The van der Waals surface area contributed by atoms with Gasteiger partial charge >= 0.3 is 11.9 Å². The van der Waals surface area contributed by atoms with Gasteiger partial charge in [0.25, 0.3) is 0 Å². The van der Waals surface area contributed by atoms with Crippen molar-refractivity contribution in [1.29, 1.82) is 0 Å². The highest BCUT2D eigenvalue weighted by molar-refractivity contribution is 5.81. The highest BCUT2D eigenvalue weighted by atomic mass is 16.4. The maximum atomic E-state index is 11.0. The van der Waals surface area contributed by atoms with Crippen LogP contribution in [0.1, 0.15) is 11.1 Å². The zero-order valence-corrected chi connectivity index (χ0v) is 8.59. The molecule has 84 valence electrons. The van der Waals surface area contributed by atoms with Crippen molar-refractivity contribution in [3.8, 4) is 0 Å². The van der Waals surface area contributed by atoms with Crippen molar-refractivity contribution >= 4 is 11.9 Å². The third-order valence-electron chi connectivity index (χ3n) is 3.12. The van der Waals surface area contributed by atoms with Crippen molar-refractivity contribution in [3.63, 3.8) is 0 Å². The fourth-order valence-corrected chi connectivity index (χ4v) is 2.23. The molecule has 0 amide bonds. The van der Waals surface area contributed by atoms with Crippen molar-refractivity contribution < 1.29 is 19.8 Å². The summed E-state index contributed by atoms with van der Waals surface area (Å²) >= 11 is 0. The smallest absolute Gasteiger partial charge is 0.307 e. The van der Waals surface area contributed by atoms with E-state index < -0.39 is 23.8 Å². The van der Waals surface area contributed by atoms with E-state index in [-0.39, 0.29) is 0 Å². The van der Waals surface area contributed by atoms with E-state index in [2.05, 4.69) is 0 Å². The van der Waals surface area contributed by atoms with E-state index in [0.29, 0.717) is 12.8 Å². The van der Waals surface area contributed by atoms with Gasteiger partial charge in [-0.15, -0.1) is 0 Å². The number of aliphatic carboxylic acids is 2. The molecule has 1 aliphatic rings. The van der Waals surface area contributed by atoms with E-state index in [4.69, 9.17) is 10.2 Å². The Balaban J connectivity index is 2.37. The molecule has 0 aliphatic heterocycles. The maximum absolute atomic E-state index is 11.0. The molecule has 1 aliphatic carbocycles. The van der Waals surface area contributed by atoms with Crippen LogP contribution in [0.25, 0.3) is 0 Å². The number of rotatable bonds is 2. The van der Waals surface area contributed by atoms with Crippen LogP contribution in [-0.2, 0) is 22.4 Å². The van der Waals surface area contributed by atoms with Crippen LogP contribution in [0.4, 0.5) is 0 Å². The molecule has 2 atom stereocenters. The second-order valence-corrected chi connectivity index (χ2v) is 4.07. The minimum atomic E-state index is -1.03. The topological polar surface area (TPSA) is 74.6 Å². The van der Waals surface area contributed by atoms with Gasteiger partial charge in [0.15, 0.2) is 0 Å². The van der Waals surface area contributed by atoms with Gasteiger partial charge in [-0.3, -0.25) is 9.59 Å². The van der Waals surface area contributed by atoms with E-state index in [1.807, 2.05) is 24.3 Å². The number of hydrogen-bond donors (Lipinski definition) is 2. The van der Waals surface area contributed by atoms with Crippen LogP contribution < -0.4 is 0 Å². The van der Waals surface area contributed by atoms with Crippen LogP contribution in [-0.4, -0.2) is 22.2 Å². The Morgan fingerprint density at radius 3 is 1.62 bits per heavy atom. The Hall–Kier alpha value is -1.84. The summed E-state index contributed by atoms with van der Waals surface area (Å²) in [6.07, 6.45) is 0.616. The molecular weight excluding hydrogens is 208 g/mol. The van der Waals surface area contributed by atoms with Gasteiger partial charge in [-0.05, 0) is 24.0 Å². The third kappa shape index (κ3) is 1.78. The first-order chi connectivity index (χ1) is 7.59. The van der Waals surface area contributed by atoms with Crippen molar-refractivity contribution in [2.24, 2.45) is 11.8 Å². The molecule has 0 saturated carbocycles. The van der Waals surface area contributed by atoms with E-state index in [9.17, 15) is 9.59 Å². The Kier molecular flexibility index (Phi) is 2.64. The zero-order valence-electron chi connectivity index (χ0n) is 8.59. The predicted molar refractivity (Wildman–Crippen MR) is 56.1 cm³/mol. The van der Waals surface area contributed by atoms with Crippen molar-refractivity contribution in [2.75, 3.05) is 0 Å². The fourth-order valence-electron chi connectivity index (χ4n) is 2.23. The Labute approximate surface area is 92.5 Å². The molecule has 4 nitrogen and oxygen atoms in total. The van der Waals surface area contributed by atoms with Gasteiger partial charge in [-0.2, -0.15) is 0 Å². The van der Waals surface area contributed by atoms with Crippen LogP contribution in [0, 0.1) is 11.8 Å². The number of carbonyl (C=O) groups is 2. The molecule has 1 aromatic rings. The SMILES string of the molecule is O=C(O)[C@H]1Cc2ccccc2C[C@@H]1C(=O)O. The number of hydrogen-bond acceptors (Lipinski definition) is 2. The molecule has 0 heterocycles. The summed E-state index contributed by atoms with van der Waals surface area (Å²) < 4.78 is 0. The first kappa shape index (κ1) is 10.7. The maximum Gasteiger partial charge on any atom is 0.307 e. The quantitative estimate of drug-likeness (QED) is 0.785. The molecule has 0 unspecified atom stereocenters. The molecule has 0 spiro atoms. The second kappa shape index (κ2) is 3.96. The lowest BCUT2D eigenvalue weighted by Crippen LogP contribution is -2.36.